The van der Waals surface area contributed by atoms with Crippen molar-refractivity contribution in [1.82, 2.24) is 20.7 Å². The Kier molecular flexibility index (Phi) is 6.82. The lowest BCUT2D eigenvalue weighted by atomic mass is 10.1. The van der Waals surface area contributed by atoms with Gasteiger partial charge in [0.25, 0.3) is 0 Å². The topological polar surface area (TPSA) is 125 Å². The van der Waals surface area contributed by atoms with Crippen molar-refractivity contribution in [3.63, 3.8) is 0 Å². The fraction of sp³-hybridized carbons (Fsp3) is 0.385. The molecule has 0 aliphatic rings. The molecule has 0 spiro atoms. The number of nitriles is 1. The molecule has 0 aliphatic heterocycles. The first kappa shape index (κ1) is 18.3. The summed E-state index contributed by atoms with van der Waals surface area (Å²) in [6.45, 7) is 7.06. The van der Waals surface area contributed by atoms with Gasteiger partial charge in [-0.1, -0.05) is 0 Å². The molecule has 0 atom stereocenters. The van der Waals surface area contributed by atoms with Gasteiger partial charge in [0, 0.05) is 13.1 Å². The van der Waals surface area contributed by atoms with E-state index in [2.05, 4.69) is 20.7 Å². The van der Waals surface area contributed by atoms with Gasteiger partial charge in [0.15, 0.2) is 6.19 Å². The highest BCUT2D eigenvalue weighted by Crippen LogP contribution is 2.14. The predicted molar refractivity (Wildman–Crippen MR) is 79.1 cm³/mol. The van der Waals surface area contributed by atoms with Gasteiger partial charge in [-0.3, -0.25) is 20.5 Å². The summed E-state index contributed by atoms with van der Waals surface area (Å²) in [7, 11) is 0. The summed E-state index contributed by atoms with van der Waals surface area (Å²) in [4.78, 5) is 19.6. The third-order valence-corrected chi connectivity index (χ3v) is 2.20. The molecule has 1 heterocycles. The normalized spacial score (nSPS) is 10.9. The van der Waals surface area contributed by atoms with Crippen molar-refractivity contribution in [1.29, 1.82) is 5.26 Å². The molecular weight excluding hydrogens is 272 g/mol. The lowest BCUT2D eigenvalue weighted by molar-refractivity contribution is -0.123. The minimum Gasteiger partial charge on any atom is -0.412 e. The van der Waals surface area contributed by atoms with Crippen LogP contribution in [0.15, 0.2) is 29.5 Å². The number of pyridine rings is 1. The molecule has 1 aromatic heterocycles. The lowest BCUT2D eigenvalue weighted by Crippen LogP contribution is -2.58. The van der Waals surface area contributed by atoms with Gasteiger partial charge in [0.1, 0.15) is 0 Å². The summed E-state index contributed by atoms with van der Waals surface area (Å²) >= 11 is 0. The number of carbonyl (C=O) groups is 1. The van der Waals surface area contributed by atoms with Gasteiger partial charge in [-0.15, -0.1) is 0 Å². The molecule has 4 N–H and O–H groups in total. The van der Waals surface area contributed by atoms with Crippen molar-refractivity contribution in [3.05, 3.63) is 24.5 Å². The Bertz CT molecular complexity index is 530. The quantitative estimate of drug-likeness (QED) is 0.256. The van der Waals surface area contributed by atoms with Crippen LogP contribution in [0.25, 0.3) is 0 Å². The Labute approximate surface area is 123 Å². The summed E-state index contributed by atoms with van der Waals surface area (Å²) < 4.78 is 0. The number of guanidine groups is 1. The van der Waals surface area contributed by atoms with Crippen LogP contribution in [0.2, 0.25) is 0 Å². The Morgan fingerprint density at radius 3 is 2.57 bits per heavy atom. The summed E-state index contributed by atoms with van der Waals surface area (Å²) in [6.07, 6.45) is 5.01. The molecule has 21 heavy (non-hydrogen) atoms. The van der Waals surface area contributed by atoms with Crippen LogP contribution in [0.3, 0.4) is 0 Å². The minimum atomic E-state index is -0.462. The Morgan fingerprint density at radius 2 is 2.14 bits per heavy atom. The SMILES string of the molecule is CC(=O)NN(C(=Nc1cccnc1)NC#N)C(C)(C)C.O. The van der Waals surface area contributed by atoms with E-state index < -0.39 is 5.54 Å². The van der Waals surface area contributed by atoms with Crippen LogP contribution in [0.1, 0.15) is 27.7 Å². The van der Waals surface area contributed by atoms with Crippen molar-refractivity contribution >= 4 is 17.6 Å². The van der Waals surface area contributed by atoms with Crippen molar-refractivity contribution in [2.24, 2.45) is 4.99 Å². The van der Waals surface area contributed by atoms with Crippen LogP contribution in [-0.2, 0) is 4.79 Å². The Balaban J connectivity index is 0.00000400. The van der Waals surface area contributed by atoms with Gasteiger partial charge in [-0.2, -0.15) is 5.26 Å². The van der Waals surface area contributed by atoms with Crippen molar-refractivity contribution in [2.45, 2.75) is 33.2 Å². The van der Waals surface area contributed by atoms with Crippen LogP contribution in [0, 0.1) is 11.5 Å². The number of nitrogens with zero attached hydrogens (tertiary/aromatic N) is 4. The number of hydrazine groups is 1. The van der Waals surface area contributed by atoms with E-state index in [-0.39, 0.29) is 17.3 Å². The van der Waals surface area contributed by atoms with Gasteiger partial charge < -0.3 is 5.48 Å². The molecule has 0 saturated carbocycles. The average molecular weight is 292 g/mol. The van der Waals surface area contributed by atoms with E-state index in [0.29, 0.717) is 5.69 Å². The molecule has 0 radical (unpaired) electrons. The summed E-state index contributed by atoms with van der Waals surface area (Å²) in [5.41, 5.74) is 2.77. The first-order valence-corrected chi connectivity index (χ1v) is 6.06. The van der Waals surface area contributed by atoms with Crippen LogP contribution >= 0.6 is 0 Å². The number of rotatable bonds is 1. The lowest BCUT2D eigenvalue weighted by Gasteiger charge is -2.36. The van der Waals surface area contributed by atoms with Gasteiger partial charge in [0.05, 0.1) is 17.4 Å². The highest BCUT2D eigenvalue weighted by molar-refractivity contribution is 5.86. The predicted octanol–water partition coefficient (Wildman–Crippen LogP) is 0.467. The molecule has 1 rings (SSSR count). The molecule has 8 heteroatoms. The monoisotopic (exact) mass is 292 g/mol. The van der Waals surface area contributed by atoms with Crippen LogP contribution in [-0.4, -0.2) is 32.9 Å². The summed E-state index contributed by atoms with van der Waals surface area (Å²) in [5.74, 6) is -0.0262. The third-order valence-electron chi connectivity index (χ3n) is 2.20. The Hall–Kier alpha value is -2.66. The van der Waals surface area contributed by atoms with E-state index in [1.165, 1.54) is 11.9 Å². The van der Waals surface area contributed by atoms with Crippen LogP contribution in [0.5, 0.6) is 0 Å². The fourth-order valence-corrected chi connectivity index (χ4v) is 1.42. The maximum atomic E-state index is 11.3. The van der Waals surface area contributed by atoms with Gasteiger partial charge >= 0.3 is 0 Å². The van der Waals surface area contributed by atoms with E-state index in [1.54, 1.807) is 24.5 Å². The van der Waals surface area contributed by atoms with Crippen molar-refractivity contribution < 1.29 is 10.3 Å². The fourth-order valence-electron chi connectivity index (χ4n) is 1.42. The van der Waals surface area contributed by atoms with E-state index in [0.717, 1.165) is 0 Å². The molecule has 8 nitrogen and oxygen atoms in total. The van der Waals surface area contributed by atoms with Gasteiger partial charge in [-0.05, 0) is 32.9 Å². The molecule has 0 bridgehead atoms. The average Bonchev–Trinajstić information content (AvgIpc) is 2.35. The molecular formula is C13H20N6O2. The molecule has 0 saturated heterocycles. The van der Waals surface area contributed by atoms with Gasteiger partial charge in [-0.25, -0.2) is 10.0 Å². The molecule has 1 amide bonds. The highest BCUT2D eigenvalue weighted by atomic mass is 16.2. The smallest absolute Gasteiger partial charge is 0.235 e. The van der Waals surface area contributed by atoms with E-state index in [4.69, 9.17) is 5.26 Å². The van der Waals surface area contributed by atoms with Crippen molar-refractivity contribution in [2.75, 3.05) is 0 Å². The molecule has 114 valence electrons. The Morgan fingerprint density at radius 1 is 1.48 bits per heavy atom. The molecule has 0 fully saturated rings. The number of aromatic nitrogens is 1. The zero-order valence-corrected chi connectivity index (χ0v) is 12.5. The van der Waals surface area contributed by atoms with Crippen LogP contribution in [0.4, 0.5) is 5.69 Å². The van der Waals surface area contributed by atoms with Gasteiger partial charge in [0.2, 0.25) is 11.9 Å². The second kappa shape index (κ2) is 7.81. The number of amides is 1. The van der Waals surface area contributed by atoms with Crippen molar-refractivity contribution in [3.8, 4) is 6.19 Å². The molecule has 0 aromatic carbocycles. The molecule has 0 unspecified atom stereocenters. The van der Waals surface area contributed by atoms with Crippen LogP contribution < -0.4 is 10.7 Å². The highest BCUT2D eigenvalue weighted by Gasteiger charge is 2.26. The maximum Gasteiger partial charge on any atom is 0.235 e. The van der Waals surface area contributed by atoms with E-state index in [9.17, 15) is 4.79 Å². The third kappa shape index (κ3) is 5.88. The second-order valence-corrected chi connectivity index (χ2v) is 5.06. The number of nitrogens with one attached hydrogen (secondary N) is 2. The van der Waals surface area contributed by atoms with E-state index in [1.807, 2.05) is 27.0 Å². The minimum absolute atomic E-state index is 0. The molecule has 0 aliphatic carbocycles. The first-order chi connectivity index (χ1) is 9.34. The number of hydrogen-bond acceptors (Lipinski definition) is 4. The number of hydrogen-bond donors (Lipinski definition) is 2. The number of carbonyl (C=O) groups excluding carboxylic acids is 1. The zero-order chi connectivity index (χ0) is 15.2. The second-order valence-electron chi connectivity index (χ2n) is 5.06. The largest absolute Gasteiger partial charge is 0.412 e. The standard InChI is InChI=1S/C13H18N6O.H2O/c1-10(20)18-19(13(2,3)4)12(16-9-14)17-11-6-5-7-15-8-11;/h5-8H,1-4H3,(H,16,17)(H,18,20);1H2. The zero-order valence-electron chi connectivity index (χ0n) is 12.5. The van der Waals surface area contributed by atoms with E-state index >= 15 is 0 Å². The first-order valence-electron chi connectivity index (χ1n) is 6.06. The summed E-state index contributed by atoms with van der Waals surface area (Å²) in [5, 5.41) is 12.9. The number of aliphatic imine (C=N–C) groups is 1. The summed E-state index contributed by atoms with van der Waals surface area (Å²) in [6, 6.07) is 3.49. The maximum absolute atomic E-state index is 11.3. The molecule has 1 aromatic rings.